The molecule has 6 nitrogen and oxygen atoms in total. The minimum atomic E-state index is -3.25. The number of benzene rings is 2. The summed E-state index contributed by atoms with van der Waals surface area (Å²) in [6.07, 6.45) is 1.95. The zero-order valence-corrected chi connectivity index (χ0v) is 14.8. The van der Waals surface area contributed by atoms with Crippen LogP contribution in [0, 0.1) is 0 Å². The first kappa shape index (κ1) is 17.9. The molecule has 130 valence electrons. The van der Waals surface area contributed by atoms with Gasteiger partial charge in [-0.25, -0.2) is 8.42 Å². The van der Waals surface area contributed by atoms with Crippen LogP contribution >= 0.6 is 0 Å². The van der Waals surface area contributed by atoms with Crippen LogP contribution < -0.4 is 19.5 Å². The van der Waals surface area contributed by atoms with Crippen molar-refractivity contribution in [2.24, 2.45) is 0 Å². The van der Waals surface area contributed by atoms with Crippen molar-refractivity contribution >= 4 is 21.4 Å². The van der Waals surface area contributed by atoms with E-state index in [1.54, 1.807) is 26.4 Å². The first-order valence-electron chi connectivity index (χ1n) is 7.44. The largest absolute Gasteiger partial charge is 0.493 e. The van der Waals surface area contributed by atoms with Gasteiger partial charge in [0.15, 0.2) is 11.5 Å². The van der Waals surface area contributed by atoms with Gasteiger partial charge in [0.1, 0.15) is 0 Å². The standard InChI is InChI=1S/C17H22N2O4S/c1-22-16-9-4-13(12-17(16)23-2)10-11-18-14-5-7-15(8-6-14)19-24(3,20)21/h4-9,12,18-19H,10-11H2,1-3H3. The van der Waals surface area contributed by atoms with E-state index in [1.165, 1.54) is 0 Å². The molecule has 0 heterocycles. The Morgan fingerprint density at radius 2 is 1.54 bits per heavy atom. The van der Waals surface area contributed by atoms with Crippen molar-refractivity contribution in [2.45, 2.75) is 6.42 Å². The third kappa shape index (κ3) is 5.34. The van der Waals surface area contributed by atoms with Gasteiger partial charge in [0.25, 0.3) is 0 Å². The Labute approximate surface area is 142 Å². The number of sulfonamides is 1. The lowest BCUT2D eigenvalue weighted by Crippen LogP contribution is -2.09. The van der Waals surface area contributed by atoms with Crippen LogP contribution in [0.5, 0.6) is 11.5 Å². The Bertz CT molecular complexity index is 774. The maximum Gasteiger partial charge on any atom is 0.229 e. The van der Waals surface area contributed by atoms with Crippen molar-refractivity contribution in [1.29, 1.82) is 0 Å². The van der Waals surface area contributed by atoms with E-state index in [-0.39, 0.29) is 0 Å². The number of anilines is 2. The van der Waals surface area contributed by atoms with Gasteiger partial charge in [-0.3, -0.25) is 4.72 Å². The summed E-state index contributed by atoms with van der Waals surface area (Å²) in [5, 5.41) is 3.30. The van der Waals surface area contributed by atoms with Crippen LogP contribution in [0.15, 0.2) is 42.5 Å². The van der Waals surface area contributed by atoms with E-state index in [2.05, 4.69) is 10.0 Å². The van der Waals surface area contributed by atoms with Gasteiger partial charge in [-0.05, 0) is 48.4 Å². The molecule has 0 fully saturated rings. The van der Waals surface area contributed by atoms with Crippen molar-refractivity contribution in [2.75, 3.05) is 37.1 Å². The molecule has 0 aliphatic heterocycles. The Kier molecular flexibility index (Phi) is 5.92. The molecule has 0 aromatic heterocycles. The van der Waals surface area contributed by atoms with Gasteiger partial charge in [0.2, 0.25) is 10.0 Å². The Morgan fingerprint density at radius 1 is 0.917 bits per heavy atom. The van der Waals surface area contributed by atoms with E-state index in [0.29, 0.717) is 17.2 Å². The maximum atomic E-state index is 11.2. The first-order chi connectivity index (χ1) is 11.4. The minimum Gasteiger partial charge on any atom is -0.493 e. The highest BCUT2D eigenvalue weighted by atomic mass is 32.2. The summed E-state index contributed by atoms with van der Waals surface area (Å²) in [5.41, 5.74) is 2.60. The normalized spacial score (nSPS) is 11.0. The number of nitrogens with one attached hydrogen (secondary N) is 2. The van der Waals surface area contributed by atoms with Gasteiger partial charge in [-0.1, -0.05) is 6.07 Å². The molecule has 0 bridgehead atoms. The average Bonchev–Trinajstić information content (AvgIpc) is 2.55. The zero-order valence-electron chi connectivity index (χ0n) is 14.0. The van der Waals surface area contributed by atoms with Gasteiger partial charge in [-0.2, -0.15) is 0 Å². The van der Waals surface area contributed by atoms with Crippen molar-refractivity contribution < 1.29 is 17.9 Å². The van der Waals surface area contributed by atoms with Gasteiger partial charge < -0.3 is 14.8 Å². The molecule has 2 aromatic rings. The van der Waals surface area contributed by atoms with Gasteiger partial charge >= 0.3 is 0 Å². The third-order valence-electron chi connectivity index (χ3n) is 3.38. The van der Waals surface area contributed by atoms with Crippen molar-refractivity contribution in [3.8, 4) is 11.5 Å². The van der Waals surface area contributed by atoms with E-state index in [4.69, 9.17) is 9.47 Å². The van der Waals surface area contributed by atoms with E-state index in [0.717, 1.165) is 30.5 Å². The molecule has 0 saturated heterocycles. The second-order valence-electron chi connectivity index (χ2n) is 5.32. The van der Waals surface area contributed by atoms with Crippen molar-refractivity contribution in [3.05, 3.63) is 48.0 Å². The molecule has 0 spiro atoms. The number of methoxy groups -OCH3 is 2. The Balaban J connectivity index is 1.90. The predicted molar refractivity (Wildman–Crippen MR) is 96.6 cm³/mol. The van der Waals surface area contributed by atoms with Crippen LogP contribution in [-0.2, 0) is 16.4 Å². The molecule has 24 heavy (non-hydrogen) atoms. The van der Waals surface area contributed by atoms with Crippen LogP contribution in [0.1, 0.15) is 5.56 Å². The molecule has 0 saturated carbocycles. The second-order valence-corrected chi connectivity index (χ2v) is 7.07. The fourth-order valence-electron chi connectivity index (χ4n) is 2.26. The SMILES string of the molecule is COc1ccc(CCNc2ccc(NS(C)(=O)=O)cc2)cc1OC. The Hall–Kier alpha value is -2.41. The second kappa shape index (κ2) is 7.92. The first-order valence-corrected chi connectivity index (χ1v) is 9.33. The summed E-state index contributed by atoms with van der Waals surface area (Å²) in [6, 6.07) is 13.0. The predicted octanol–water partition coefficient (Wildman–Crippen LogP) is 2.73. The fraction of sp³-hybridized carbons (Fsp3) is 0.294. The molecular formula is C17H22N2O4S. The molecule has 2 N–H and O–H groups in total. The average molecular weight is 350 g/mol. The zero-order chi connectivity index (χ0) is 17.6. The third-order valence-corrected chi connectivity index (χ3v) is 3.99. The van der Waals surface area contributed by atoms with Crippen molar-refractivity contribution in [3.63, 3.8) is 0 Å². The van der Waals surface area contributed by atoms with Crippen LogP contribution in [0.3, 0.4) is 0 Å². The number of hydrogen-bond donors (Lipinski definition) is 2. The topological polar surface area (TPSA) is 76.7 Å². The van der Waals surface area contributed by atoms with Crippen LogP contribution in [0.4, 0.5) is 11.4 Å². The lowest BCUT2D eigenvalue weighted by Gasteiger charge is -2.11. The number of ether oxygens (including phenoxy) is 2. The highest BCUT2D eigenvalue weighted by Crippen LogP contribution is 2.27. The summed E-state index contributed by atoms with van der Waals surface area (Å²) >= 11 is 0. The van der Waals surface area contributed by atoms with Gasteiger partial charge in [0, 0.05) is 17.9 Å². The molecule has 0 aliphatic carbocycles. The molecule has 0 amide bonds. The Morgan fingerprint density at radius 3 is 2.12 bits per heavy atom. The number of hydrogen-bond acceptors (Lipinski definition) is 5. The molecule has 0 aliphatic rings. The summed E-state index contributed by atoms with van der Waals surface area (Å²) in [7, 11) is -0.0184. The molecule has 0 atom stereocenters. The highest BCUT2D eigenvalue weighted by Gasteiger charge is 2.05. The highest BCUT2D eigenvalue weighted by molar-refractivity contribution is 7.92. The monoisotopic (exact) mass is 350 g/mol. The van der Waals surface area contributed by atoms with E-state index < -0.39 is 10.0 Å². The molecule has 7 heteroatoms. The molecule has 2 aromatic carbocycles. The minimum absolute atomic E-state index is 0.544. The van der Waals surface area contributed by atoms with E-state index in [9.17, 15) is 8.42 Å². The quantitative estimate of drug-likeness (QED) is 0.765. The molecule has 0 radical (unpaired) electrons. The summed E-state index contributed by atoms with van der Waals surface area (Å²) < 4.78 is 35.3. The van der Waals surface area contributed by atoms with Crippen molar-refractivity contribution in [1.82, 2.24) is 0 Å². The van der Waals surface area contributed by atoms with Crippen LogP contribution in [0.25, 0.3) is 0 Å². The summed E-state index contributed by atoms with van der Waals surface area (Å²) in [5.74, 6) is 1.43. The molecular weight excluding hydrogens is 328 g/mol. The molecule has 0 unspecified atom stereocenters. The summed E-state index contributed by atoms with van der Waals surface area (Å²) in [6.45, 7) is 0.744. The smallest absolute Gasteiger partial charge is 0.229 e. The lowest BCUT2D eigenvalue weighted by molar-refractivity contribution is 0.354. The van der Waals surface area contributed by atoms with Crippen LogP contribution in [-0.4, -0.2) is 35.4 Å². The lowest BCUT2D eigenvalue weighted by atomic mass is 10.1. The number of rotatable bonds is 8. The van der Waals surface area contributed by atoms with Gasteiger partial charge in [0.05, 0.1) is 20.5 Å². The molecule has 2 rings (SSSR count). The van der Waals surface area contributed by atoms with E-state index in [1.807, 2.05) is 30.3 Å². The maximum absolute atomic E-state index is 11.2. The fourth-order valence-corrected chi connectivity index (χ4v) is 2.82. The van der Waals surface area contributed by atoms with Crippen LogP contribution in [0.2, 0.25) is 0 Å². The van der Waals surface area contributed by atoms with Gasteiger partial charge in [-0.15, -0.1) is 0 Å². The summed E-state index contributed by atoms with van der Waals surface area (Å²) in [4.78, 5) is 0. The van der Waals surface area contributed by atoms with E-state index >= 15 is 0 Å².